The van der Waals surface area contributed by atoms with Gasteiger partial charge in [-0.2, -0.15) is 0 Å². The third-order valence-electron chi connectivity index (χ3n) is 5.04. The highest BCUT2D eigenvalue weighted by Gasteiger charge is 2.35. The second kappa shape index (κ2) is 7.30. The van der Waals surface area contributed by atoms with Crippen molar-refractivity contribution < 1.29 is 4.74 Å². The predicted molar refractivity (Wildman–Crippen MR) is 105 cm³/mol. The maximum atomic E-state index is 6.02. The molecule has 0 fully saturated rings. The lowest BCUT2D eigenvalue weighted by molar-refractivity contribution is 0.0826. The molecule has 0 saturated carbocycles. The molecule has 1 aromatic heterocycles. The number of nitrogens with one attached hydrogen (secondary N) is 1. The Bertz CT molecular complexity index is 864. The molecular formula is C23H24N2O. The molecule has 26 heavy (non-hydrogen) atoms. The van der Waals surface area contributed by atoms with Crippen LogP contribution in [0.1, 0.15) is 29.3 Å². The van der Waals surface area contributed by atoms with Gasteiger partial charge in [-0.1, -0.05) is 67.6 Å². The van der Waals surface area contributed by atoms with Crippen LogP contribution in [0.2, 0.25) is 0 Å². The third-order valence-corrected chi connectivity index (χ3v) is 5.04. The van der Waals surface area contributed by atoms with Gasteiger partial charge in [0.05, 0.1) is 13.2 Å². The minimum Gasteiger partial charge on any atom is -0.384 e. The summed E-state index contributed by atoms with van der Waals surface area (Å²) in [4.78, 5) is 4.71. The van der Waals surface area contributed by atoms with Crippen molar-refractivity contribution >= 4 is 5.69 Å². The van der Waals surface area contributed by atoms with Crippen LogP contribution in [-0.2, 0) is 23.2 Å². The van der Waals surface area contributed by atoms with Crippen molar-refractivity contribution in [2.45, 2.75) is 25.4 Å². The molecule has 0 saturated heterocycles. The first kappa shape index (κ1) is 16.8. The first-order valence-electron chi connectivity index (χ1n) is 9.12. The molecule has 1 aliphatic rings. The smallest absolute Gasteiger partial charge is 0.0717 e. The van der Waals surface area contributed by atoms with Crippen molar-refractivity contribution in [1.29, 1.82) is 0 Å². The Balaban J connectivity index is 1.43. The number of fused-ring (bicyclic) bond motifs is 1. The molecule has 1 aliphatic heterocycles. The summed E-state index contributed by atoms with van der Waals surface area (Å²) >= 11 is 0. The van der Waals surface area contributed by atoms with Crippen molar-refractivity contribution in [3.63, 3.8) is 0 Å². The van der Waals surface area contributed by atoms with Crippen LogP contribution >= 0.6 is 0 Å². The van der Waals surface area contributed by atoms with E-state index in [0.29, 0.717) is 13.2 Å². The van der Waals surface area contributed by atoms with E-state index in [0.717, 1.165) is 18.7 Å². The molecule has 2 aromatic carbocycles. The van der Waals surface area contributed by atoms with E-state index in [1.807, 2.05) is 30.5 Å². The summed E-state index contributed by atoms with van der Waals surface area (Å²) in [5.74, 6) is 0. The number of anilines is 1. The Kier molecular flexibility index (Phi) is 4.72. The summed E-state index contributed by atoms with van der Waals surface area (Å²) < 4.78 is 6.02. The van der Waals surface area contributed by atoms with E-state index in [1.165, 1.54) is 22.4 Å². The second-order valence-electron chi connectivity index (χ2n) is 7.28. The third kappa shape index (κ3) is 3.63. The van der Waals surface area contributed by atoms with Gasteiger partial charge in [-0.05, 0) is 17.2 Å². The van der Waals surface area contributed by atoms with Crippen molar-refractivity contribution in [3.8, 4) is 0 Å². The molecule has 4 rings (SSSR count). The molecule has 0 aliphatic carbocycles. The monoisotopic (exact) mass is 344 g/mol. The maximum Gasteiger partial charge on any atom is 0.0717 e. The van der Waals surface area contributed by atoms with E-state index in [-0.39, 0.29) is 5.41 Å². The minimum atomic E-state index is -0.0393. The zero-order valence-corrected chi connectivity index (χ0v) is 15.1. The molecule has 3 aromatic rings. The average molecular weight is 344 g/mol. The van der Waals surface area contributed by atoms with Gasteiger partial charge in [0.25, 0.3) is 0 Å². The van der Waals surface area contributed by atoms with Crippen LogP contribution in [-0.4, -0.2) is 18.1 Å². The van der Waals surface area contributed by atoms with Crippen LogP contribution in [0.4, 0.5) is 5.69 Å². The Morgan fingerprint density at radius 2 is 1.69 bits per heavy atom. The van der Waals surface area contributed by atoms with Gasteiger partial charge in [0, 0.05) is 41.5 Å². The van der Waals surface area contributed by atoms with Gasteiger partial charge in [0.1, 0.15) is 0 Å². The molecule has 0 bridgehead atoms. The number of hydrogen-bond acceptors (Lipinski definition) is 3. The lowest BCUT2D eigenvalue weighted by atomic mass is 9.86. The zero-order valence-electron chi connectivity index (χ0n) is 15.1. The number of hydrogen-bond donors (Lipinski definition) is 1. The van der Waals surface area contributed by atoms with Gasteiger partial charge in [-0.15, -0.1) is 0 Å². The number of ether oxygens (including phenoxy) is 1. The fourth-order valence-corrected chi connectivity index (χ4v) is 3.51. The van der Waals surface area contributed by atoms with E-state index in [1.54, 1.807) is 0 Å². The molecule has 0 radical (unpaired) electrons. The van der Waals surface area contributed by atoms with Gasteiger partial charge in [-0.3, -0.25) is 4.98 Å². The van der Waals surface area contributed by atoms with E-state index in [9.17, 15) is 0 Å². The lowest BCUT2D eigenvalue weighted by Gasteiger charge is -2.23. The van der Waals surface area contributed by atoms with Gasteiger partial charge in [0.15, 0.2) is 0 Å². The van der Waals surface area contributed by atoms with Gasteiger partial charge in [-0.25, -0.2) is 0 Å². The van der Waals surface area contributed by atoms with Gasteiger partial charge >= 0.3 is 0 Å². The SMILES string of the molecule is CC1(COCc2ccccc2)CNc2cc(Cc3ccccc3)ncc21. The van der Waals surface area contributed by atoms with Crippen LogP contribution < -0.4 is 5.32 Å². The molecular weight excluding hydrogens is 320 g/mol. The normalized spacial score (nSPS) is 18.3. The predicted octanol–water partition coefficient (Wildman–Crippen LogP) is 4.57. The second-order valence-corrected chi connectivity index (χ2v) is 7.28. The maximum absolute atomic E-state index is 6.02. The summed E-state index contributed by atoms with van der Waals surface area (Å²) in [7, 11) is 0. The van der Waals surface area contributed by atoms with Crippen molar-refractivity contribution in [2.24, 2.45) is 0 Å². The van der Waals surface area contributed by atoms with E-state index in [2.05, 4.69) is 54.7 Å². The van der Waals surface area contributed by atoms with Crippen LogP contribution in [0.5, 0.6) is 0 Å². The van der Waals surface area contributed by atoms with Crippen LogP contribution in [0.3, 0.4) is 0 Å². The summed E-state index contributed by atoms with van der Waals surface area (Å²) in [6.45, 7) is 4.45. The molecule has 3 heteroatoms. The zero-order chi connectivity index (χ0) is 17.8. The highest BCUT2D eigenvalue weighted by atomic mass is 16.5. The number of aromatic nitrogens is 1. The molecule has 0 amide bonds. The Morgan fingerprint density at radius 1 is 1.00 bits per heavy atom. The average Bonchev–Trinajstić information content (AvgIpc) is 3.00. The van der Waals surface area contributed by atoms with Gasteiger partial charge < -0.3 is 10.1 Å². The molecule has 132 valence electrons. The fourth-order valence-electron chi connectivity index (χ4n) is 3.51. The van der Waals surface area contributed by atoms with E-state index < -0.39 is 0 Å². The first-order valence-corrected chi connectivity index (χ1v) is 9.12. The summed E-state index contributed by atoms with van der Waals surface area (Å²) in [6.07, 6.45) is 2.89. The Hall–Kier alpha value is -2.65. The fraction of sp³-hybridized carbons (Fsp3) is 0.261. The summed E-state index contributed by atoms with van der Waals surface area (Å²) in [6, 6.07) is 23.0. The summed E-state index contributed by atoms with van der Waals surface area (Å²) in [5.41, 5.74) is 5.99. The van der Waals surface area contributed by atoms with Crippen LogP contribution in [0.25, 0.3) is 0 Å². The van der Waals surface area contributed by atoms with Crippen LogP contribution in [0.15, 0.2) is 72.9 Å². The molecule has 1 unspecified atom stereocenters. The molecule has 3 nitrogen and oxygen atoms in total. The standard InChI is InChI=1S/C23H24N2O/c1-23(17-26-15-19-10-6-3-7-11-19)16-25-22-13-20(24-14-21(22)23)12-18-8-4-2-5-9-18/h2-11,13-14,25H,12,15-17H2,1H3. The number of benzene rings is 2. The number of nitrogens with zero attached hydrogens (tertiary/aromatic N) is 1. The van der Waals surface area contributed by atoms with E-state index in [4.69, 9.17) is 9.72 Å². The molecule has 1 atom stereocenters. The van der Waals surface area contributed by atoms with Gasteiger partial charge in [0.2, 0.25) is 0 Å². The minimum absolute atomic E-state index is 0.0393. The molecule has 1 N–H and O–H groups in total. The molecule has 2 heterocycles. The first-order chi connectivity index (χ1) is 12.7. The Morgan fingerprint density at radius 3 is 2.42 bits per heavy atom. The highest BCUT2D eigenvalue weighted by molar-refractivity contribution is 5.60. The largest absolute Gasteiger partial charge is 0.384 e. The number of pyridine rings is 1. The highest BCUT2D eigenvalue weighted by Crippen LogP contribution is 2.37. The van der Waals surface area contributed by atoms with Crippen molar-refractivity contribution in [3.05, 3.63) is 95.3 Å². The van der Waals surface area contributed by atoms with Crippen LogP contribution in [0, 0.1) is 0 Å². The quantitative estimate of drug-likeness (QED) is 0.711. The Labute approximate surface area is 155 Å². The summed E-state index contributed by atoms with van der Waals surface area (Å²) in [5, 5.41) is 3.55. The topological polar surface area (TPSA) is 34.1 Å². The van der Waals surface area contributed by atoms with E-state index >= 15 is 0 Å². The van der Waals surface area contributed by atoms with Crippen molar-refractivity contribution in [1.82, 2.24) is 4.98 Å². The molecule has 0 spiro atoms. The lowest BCUT2D eigenvalue weighted by Crippen LogP contribution is -2.30. The van der Waals surface area contributed by atoms with Crippen molar-refractivity contribution in [2.75, 3.05) is 18.5 Å². The number of rotatable bonds is 6.